The number of phenols is 1. The molecule has 3 aromatic carbocycles. The van der Waals surface area contributed by atoms with Crippen LogP contribution < -0.4 is 11.3 Å². The van der Waals surface area contributed by atoms with Crippen molar-refractivity contribution in [2.24, 2.45) is 11.3 Å². The molecule has 4 rings (SSSR count). The standard InChI is InChI=1S/C29H35N5O4S/c1-28(2,3)18-29(4,5)22-15-19(11-14-26(35)31-30)16-25(27(22)36)34-32-23-13-12-21(17-24(23)33-34)39(37,38)20-9-7-6-8-10-20/h6-10,12-13,15-17,36H,11,14,18,30H2,1-5H3,(H,31,35). The zero-order valence-electron chi connectivity index (χ0n) is 22.9. The van der Waals surface area contributed by atoms with E-state index in [1.54, 1.807) is 42.5 Å². The maximum absolute atomic E-state index is 13.1. The lowest BCUT2D eigenvalue weighted by Crippen LogP contribution is -2.30. The second-order valence-electron chi connectivity index (χ2n) is 11.7. The summed E-state index contributed by atoms with van der Waals surface area (Å²) in [5.41, 5.74) is 4.46. The van der Waals surface area contributed by atoms with Crippen molar-refractivity contribution in [1.29, 1.82) is 0 Å². The van der Waals surface area contributed by atoms with Crippen molar-refractivity contribution < 1.29 is 18.3 Å². The largest absolute Gasteiger partial charge is 0.505 e. The van der Waals surface area contributed by atoms with Crippen LogP contribution in [0.2, 0.25) is 0 Å². The highest BCUT2D eigenvalue weighted by Crippen LogP contribution is 2.43. The number of carbonyl (C=O) groups excluding carboxylic acids is 1. The number of nitrogens with zero attached hydrogens (tertiary/aromatic N) is 3. The molecule has 0 aliphatic heterocycles. The van der Waals surface area contributed by atoms with E-state index in [1.807, 2.05) is 6.07 Å². The second kappa shape index (κ2) is 10.4. The van der Waals surface area contributed by atoms with E-state index in [0.29, 0.717) is 28.7 Å². The monoisotopic (exact) mass is 549 g/mol. The average Bonchev–Trinajstić information content (AvgIpc) is 3.30. The van der Waals surface area contributed by atoms with Crippen LogP contribution in [0, 0.1) is 5.41 Å². The van der Waals surface area contributed by atoms with Crippen LogP contribution in [-0.2, 0) is 26.5 Å². The molecule has 10 heteroatoms. The van der Waals surface area contributed by atoms with Crippen LogP contribution in [-0.4, -0.2) is 34.4 Å². The number of hydrogen-bond acceptors (Lipinski definition) is 7. The van der Waals surface area contributed by atoms with E-state index >= 15 is 0 Å². The van der Waals surface area contributed by atoms with Gasteiger partial charge in [-0.05, 0) is 65.6 Å². The van der Waals surface area contributed by atoms with Gasteiger partial charge in [0.1, 0.15) is 22.5 Å². The number of rotatable bonds is 8. The number of aryl methyl sites for hydroxylation is 1. The fourth-order valence-corrected chi connectivity index (χ4v) is 6.45. The van der Waals surface area contributed by atoms with E-state index in [0.717, 1.165) is 12.0 Å². The fraction of sp³-hybridized carbons (Fsp3) is 0.345. The zero-order valence-corrected chi connectivity index (χ0v) is 23.7. The summed E-state index contributed by atoms with van der Waals surface area (Å²) in [6.45, 7) is 10.6. The number of sulfone groups is 1. The van der Waals surface area contributed by atoms with Crippen LogP contribution in [0.25, 0.3) is 16.7 Å². The Hall–Kier alpha value is -3.76. The lowest BCUT2D eigenvalue weighted by molar-refractivity contribution is -0.121. The molecule has 0 unspecified atom stereocenters. The number of fused-ring (bicyclic) bond motifs is 1. The summed E-state index contributed by atoms with van der Waals surface area (Å²) in [6, 6.07) is 16.5. The molecule has 0 aliphatic carbocycles. The van der Waals surface area contributed by atoms with E-state index in [1.165, 1.54) is 16.9 Å². The first-order valence-electron chi connectivity index (χ1n) is 12.7. The number of amides is 1. The van der Waals surface area contributed by atoms with Crippen LogP contribution >= 0.6 is 0 Å². The fourth-order valence-electron chi connectivity index (χ4n) is 5.15. The summed E-state index contributed by atoms with van der Waals surface area (Å²) in [5.74, 6) is 5.01. The minimum atomic E-state index is -3.74. The molecule has 0 bridgehead atoms. The molecular weight excluding hydrogens is 514 g/mol. The van der Waals surface area contributed by atoms with Gasteiger partial charge < -0.3 is 5.11 Å². The van der Waals surface area contributed by atoms with E-state index in [9.17, 15) is 18.3 Å². The van der Waals surface area contributed by atoms with Gasteiger partial charge in [0, 0.05) is 12.0 Å². The molecule has 1 amide bonds. The normalized spacial score (nSPS) is 12.6. The summed E-state index contributed by atoms with van der Waals surface area (Å²) < 4.78 is 26.3. The Morgan fingerprint density at radius 2 is 1.62 bits per heavy atom. The SMILES string of the molecule is CC(C)(C)CC(C)(C)c1cc(CCC(=O)NN)cc(-n2nc3ccc(S(=O)(=O)c4ccccc4)cc3n2)c1O. The van der Waals surface area contributed by atoms with Crippen molar-refractivity contribution in [3.05, 3.63) is 71.8 Å². The first-order valence-corrected chi connectivity index (χ1v) is 14.2. The van der Waals surface area contributed by atoms with E-state index in [2.05, 4.69) is 50.2 Å². The number of aromatic hydroxyl groups is 1. The molecule has 0 aliphatic rings. The van der Waals surface area contributed by atoms with Crippen LogP contribution in [0.3, 0.4) is 0 Å². The lowest BCUT2D eigenvalue weighted by atomic mass is 9.71. The number of aromatic nitrogens is 3. The molecule has 0 saturated carbocycles. The first-order chi connectivity index (χ1) is 18.2. The van der Waals surface area contributed by atoms with Gasteiger partial charge >= 0.3 is 0 Å². The van der Waals surface area contributed by atoms with E-state index in [-0.39, 0.29) is 33.3 Å². The highest BCUT2D eigenvalue weighted by Gasteiger charge is 2.31. The smallest absolute Gasteiger partial charge is 0.234 e. The third-order valence-corrected chi connectivity index (χ3v) is 8.35. The van der Waals surface area contributed by atoms with Crippen LogP contribution in [0.5, 0.6) is 5.75 Å². The van der Waals surface area contributed by atoms with Gasteiger partial charge in [-0.25, -0.2) is 14.3 Å². The van der Waals surface area contributed by atoms with Gasteiger partial charge in [0.15, 0.2) is 0 Å². The molecule has 39 heavy (non-hydrogen) atoms. The third kappa shape index (κ3) is 6.12. The highest BCUT2D eigenvalue weighted by atomic mass is 32.2. The number of nitrogens with two attached hydrogens (primary N) is 1. The molecule has 1 aromatic heterocycles. The van der Waals surface area contributed by atoms with Crippen molar-refractivity contribution in [2.45, 2.75) is 69.1 Å². The Labute approximate surface area is 228 Å². The molecule has 1 heterocycles. The average molecular weight is 550 g/mol. The molecular formula is C29H35N5O4S. The number of hydrazine groups is 1. The molecule has 0 radical (unpaired) electrons. The lowest BCUT2D eigenvalue weighted by Gasteiger charge is -2.34. The van der Waals surface area contributed by atoms with Gasteiger partial charge in [-0.15, -0.1) is 15.0 Å². The number of carbonyl (C=O) groups is 1. The summed E-state index contributed by atoms with van der Waals surface area (Å²) in [6.07, 6.45) is 1.36. The predicted octanol–water partition coefficient (Wildman–Crippen LogP) is 4.60. The molecule has 0 fully saturated rings. The zero-order chi connectivity index (χ0) is 28.6. The number of hydrogen-bond donors (Lipinski definition) is 3. The van der Waals surface area contributed by atoms with Gasteiger partial charge in [0.25, 0.3) is 0 Å². The Bertz CT molecular complexity index is 1620. The van der Waals surface area contributed by atoms with Gasteiger partial charge in [-0.3, -0.25) is 10.2 Å². The summed E-state index contributed by atoms with van der Waals surface area (Å²) in [7, 11) is -3.74. The molecule has 4 N–H and O–H groups in total. The van der Waals surface area contributed by atoms with Gasteiger partial charge in [0.2, 0.25) is 15.7 Å². The molecule has 0 spiro atoms. The minimum Gasteiger partial charge on any atom is -0.505 e. The summed E-state index contributed by atoms with van der Waals surface area (Å²) >= 11 is 0. The molecule has 0 atom stereocenters. The van der Waals surface area contributed by atoms with Crippen LogP contribution in [0.4, 0.5) is 0 Å². The Balaban J connectivity index is 1.83. The highest BCUT2D eigenvalue weighted by molar-refractivity contribution is 7.91. The predicted molar refractivity (Wildman–Crippen MR) is 150 cm³/mol. The quantitative estimate of drug-likeness (QED) is 0.166. The maximum Gasteiger partial charge on any atom is 0.234 e. The van der Waals surface area contributed by atoms with Crippen LogP contribution in [0.1, 0.15) is 58.6 Å². The van der Waals surface area contributed by atoms with Crippen molar-refractivity contribution in [2.75, 3.05) is 0 Å². The number of benzene rings is 3. The summed E-state index contributed by atoms with van der Waals surface area (Å²) in [4.78, 5) is 13.5. The Kier molecular flexibility index (Phi) is 7.55. The molecule has 206 valence electrons. The summed E-state index contributed by atoms with van der Waals surface area (Å²) in [5, 5.41) is 20.6. The van der Waals surface area contributed by atoms with Gasteiger partial charge in [0.05, 0.1) is 9.79 Å². The van der Waals surface area contributed by atoms with Gasteiger partial charge in [-0.2, -0.15) is 0 Å². The number of phenolic OH excluding ortho intramolecular Hbond substituents is 1. The molecule has 0 saturated heterocycles. The van der Waals surface area contributed by atoms with Crippen LogP contribution in [0.15, 0.2) is 70.5 Å². The van der Waals surface area contributed by atoms with Gasteiger partial charge in [-0.1, -0.05) is 58.9 Å². The second-order valence-corrected chi connectivity index (χ2v) is 13.6. The van der Waals surface area contributed by atoms with Crippen molar-refractivity contribution in [3.8, 4) is 11.4 Å². The molecule has 9 nitrogen and oxygen atoms in total. The third-order valence-electron chi connectivity index (χ3n) is 6.58. The topological polar surface area (TPSA) is 140 Å². The first kappa shape index (κ1) is 28.3. The Morgan fingerprint density at radius 1 is 0.949 bits per heavy atom. The Morgan fingerprint density at radius 3 is 2.26 bits per heavy atom. The molecule has 4 aromatic rings. The van der Waals surface area contributed by atoms with Crippen molar-refractivity contribution in [1.82, 2.24) is 20.4 Å². The maximum atomic E-state index is 13.1. The van der Waals surface area contributed by atoms with Crippen molar-refractivity contribution >= 4 is 26.8 Å². The van der Waals surface area contributed by atoms with E-state index < -0.39 is 15.3 Å². The van der Waals surface area contributed by atoms with Crippen molar-refractivity contribution in [3.63, 3.8) is 0 Å². The number of nitrogens with one attached hydrogen (secondary N) is 1. The minimum absolute atomic E-state index is 0.00911. The van der Waals surface area contributed by atoms with E-state index in [4.69, 9.17) is 5.84 Å².